The summed E-state index contributed by atoms with van der Waals surface area (Å²) in [5.41, 5.74) is 2.30. The number of methoxy groups -OCH3 is 2. The third-order valence-electron chi connectivity index (χ3n) is 2.74. The lowest BCUT2D eigenvalue weighted by molar-refractivity contribution is -0.384. The Bertz CT molecular complexity index is 659. The number of nitrogens with one attached hydrogen (secondary N) is 2. The molecular formula is C14H18N4O6. The quantitative estimate of drug-likeness (QED) is 0.414. The third-order valence-corrected chi connectivity index (χ3v) is 2.74. The first-order chi connectivity index (χ1) is 11.4. The average molecular weight is 338 g/mol. The molecule has 0 atom stereocenters. The molecule has 0 saturated carbocycles. The molecule has 10 heteroatoms. The summed E-state index contributed by atoms with van der Waals surface area (Å²) in [6.45, 7) is 1.39. The van der Waals surface area contributed by atoms with Crippen molar-refractivity contribution in [3.8, 4) is 5.75 Å². The number of nitro benzene ring substituents is 1. The number of hydrazone groups is 1. The highest BCUT2D eigenvalue weighted by atomic mass is 16.6. The van der Waals surface area contributed by atoms with Gasteiger partial charge in [-0.05, 0) is 19.1 Å². The second-order valence-electron chi connectivity index (χ2n) is 4.68. The maximum Gasteiger partial charge on any atom is 0.296 e. The van der Waals surface area contributed by atoms with E-state index in [1.54, 1.807) is 0 Å². The second-order valence-corrected chi connectivity index (χ2v) is 4.68. The van der Waals surface area contributed by atoms with Crippen molar-refractivity contribution in [2.75, 3.05) is 26.1 Å². The van der Waals surface area contributed by atoms with Crippen molar-refractivity contribution in [3.05, 3.63) is 28.3 Å². The molecule has 0 aliphatic heterocycles. The second kappa shape index (κ2) is 9.20. The van der Waals surface area contributed by atoms with Gasteiger partial charge in [0, 0.05) is 12.8 Å². The lowest BCUT2D eigenvalue weighted by atomic mass is 10.2. The number of nitro groups is 1. The lowest BCUT2D eigenvalue weighted by Gasteiger charge is -2.07. The fourth-order valence-corrected chi connectivity index (χ4v) is 1.68. The number of amides is 2. The normalized spacial score (nSPS) is 10.9. The molecule has 10 nitrogen and oxygen atoms in total. The zero-order valence-corrected chi connectivity index (χ0v) is 13.5. The van der Waals surface area contributed by atoms with Gasteiger partial charge in [0.25, 0.3) is 11.6 Å². The van der Waals surface area contributed by atoms with Crippen molar-refractivity contribution in [1.29, 1.82) is 0 Å². The van der Waals surface area contributed by atoms with Crippen LogP contribution in [0.25, 0.3) is 0 Å². The predicted molar refractivity (Wildman–Crippen MR) is 86.0 cm³/mol. The molecule has 0 bridgehead atoms. The van der Waals surface area contributed by atoms with Gasteiger partial charge in [0.05, 0.1) is 24.5 Å². The average Bonchev–Trinajstić information content (AvgIpc) is 2.53. The van der Waals surface area contributed by atoms with Crippen LogP contribution in [-0.2, 0) is 14.3 Å². The molecule has 1 rings (SSSR count). The highest BCUT2D eigenvalue weighted by Crippen LogP contribution is 2.28. The Labute approximate surface area is 138 Å². The zero-order chi connectivity index (χ0) is 18.1. The maximum atomic E-state index is 11.9. The van der Waals surface area contributed by atoms with Gasteiger partial charge in [-0.25, -0.2) is 5.43 Å². The van der Waals surface area contributed by atoms with E-state index in [4.69, 9.17) is 4.74 Å². The summed E-state index contributed by atoms with van der Waals surface area (Å²) in [6.07, 6.45) is -0.142. The minimum Gasteiger partial charge on any atom is -0.496 e. The van der Waals surface area contributed by atoms with Gasteiger partial charge in [-0.1, -0.05) is 0 Å². The standard InChI is InChI=1S/C14H18N4O6/c1-9(16-17-14(20)8-23-2)6-13(19)15-11-5-4-10(24-3)7-12(11)18(21)22/h4-5,7H,6,8H2,1-3H3,(H,15,19)(H,17,20). The Hall–Kier alpha value is -3.01. The molecule has 0 aliphatic rings. The van der Waals surface area contributed by atoms with Gasteiger partial charge in [-0.2, -0.15) is 5.10 Å². The van der Waals surface area contributed by atoms with Crippen LogP contribution in [0, 0.1) is 10.1 Å². The summed E-state index contributed by atoms with van der Waals surface area (Å²) < 4.78 is 9.53. The number of hydrogen-bond acceptors (Lipinski definition) is 7. The van der Waals surface area contributed by atoms with Crippen molar-refractivity contribution in [3.63, 3.8) is 0 Å². The van der Waals surface area contributed by atoms with E-state index in [-0.39, 0.29) is 24.4 Å². The molecule has 0 aliphatic carbocycles. The van der Waals surface area contributed by atoms with Crippen LogP contribution < -0.4 is 15.5 Å². The van der Waals surface area contributed by atoms with Crippen molar-refractivity contribution in [2.45, 2.75) is 13.3 Å². The Kier molecular flexibility index (Phi) is 7.30. The maximum absolute atomic E-state index is 11.9. The molecule has 2 N–H and O–H groups in total. The van der Waals surface area contributed by atoms with Gasteiger partial charge in [-0.3, -0.25) is 19.7 Å². The molecule has 0 heterocycles. The summed E-state index contributed by atoms with van der Waals surface area (Å²) >= 11 is 0. The van der Waals surface area contributed by atoms with Crippen LogP contribution in [0.5, 0.6) is 5.75 Å². The third kappa shape index (κ3) is 6.01. The summed E-state index contributed by atoms with van der Waals surface area (Å²) in [6, 6.07) is 4.08. The molecular weight excluding hydrogens is 320 g/mol. The monoisotopic (exact) mass is 338 g/mol. The molecule has 0 saturated heterocycles. The number of benzene rings is 1. The van der Waals surface area contributed by atoms with E-state index in [9.17, 15) is 19.7 Å². The number of ether oxygens (including phenoxy) is 2. The molecule has 1 aromatic rings. The van der Waals surface area contributed by atoms with Crippen molar-refractivity contribution in [2.24, 2.45) is 5.10 Å². The fraction of sp³-hybridized carbons (Fsp3) is 0.357. The number of rotatable bonds is 8. The Balaban J connectivity index is 2.72. The molecule has 0 fully saturated rings. The number of hydrogen-bond donors (Lipinski definition) is 2. The first kappa shape index (κ1) is 19.0. The summed E-state index contributed by atoms with van der Waals surface area (Å²) in [5, 5.41) is 17.2. The molecule has 0 unspecified atom stereocenters. The Morgan fingerprint density at radius 2 is 2.00 bits per heavy atom. The van der Waals surface area contributed by atoms with Crippen molar-refractivity contribution < 1.29 is 24.0 Å². The van der Waals surface area contributed by atoms with Crippen LogP contribution >= 0.6 is 0 Å². The molecule has 130 valence electrons. The number of carbonyl (C=O) groups excluding carboxylic acids is 2. The van der Waals surface area contributed by atoms with Gasteiger partial charge in [-0.15, -0.1) is 0 Å². The van der Waals surface area contributed by atoms with E-state index in [0.29, 0.717) is 11.5 Å². The van der Waals surface area contributed by atoms with E-state index < -0.39 is 16.7 Å². The molecule has 2 amide bonds. The van der Waals surface area contributed by atoms with Gasteiger partial charge in [0.2, 0.25) is 5.91 Å². The molecule has 0 radical (unpaired) electrons. The fourth-order valence-electron chi connectivity index (χ4n) is 1.68. The Morgan fingerprint density at radius 1 is 1.29 bits per heavy atom. The van der Waals surface area contributed by atoms with Crippen LogP contribution in [0.1, 0.15) is 13.3 Å². The molecule has 0 spiro atoms. The van der Waals surface area contributed by atoms with E-state index in [1.807, 2.05) is 0 Å². The number of anilines is 1. The van der Waals surface area contributed by atoms with Gasteiger partial charge >= 0.3 is 0 Å². The van der Waals surface area contributed by atoms with Crippen LogP contribution in [-0.4, -0.2) is 43.3 Å². The van der Waals surface area contributed by atoms with Gasteiger partial charge in [0.15, 0.2) is 0 Å². The highest BCUT2D eigenvalue weighted by molar-refractivity contribution is 6.06. The topological polar surface area (TPSA) is 132 Å². The van der Waals surface area contributed by atoms with E-state index in [2.05, 4.69) is 20.6 Å². The zero-order valence-electron chi connectivity index (χ0n) is 13.5. The highest BCUT2D eigenvalue weighted by Gasteiger charge is 2.17. The first-order valence-electron chi connectivity index (χ1n) is 6.80. The first-order valence-corrected chi connectivity index (χ1v) is 6.80. The van der Waals surface area contributed by atoms with Crippen LogP contribution in [0.3, 0.4) is 0 Å². The summed E-state index contributed by atoms with van der Waals surface area (Å²) in [7, 11) is 2.75. The number of nitrogens with zero attached hydrogens (tertiary/aromatic N) is 2. The van der Waals surface area contributed by atoms with E-state index >= 15 is 0 Å². The molecule has 1 aromatic carbocycles. The van der Waals surface area contributed by atoms with Gasteiger partial charge < -0.3 is 14.8 Å². The van der Waals surface area contributed by atoms with E-state index in [0.717, 1.165) is 0 Å². The molecule has 0 aromatic heterocycles. The Morgan fingerprint density at radius 3 is 2.58 bits per heavy atom. The summed E-state index contributed by atoms with van der Waals surface area (Å²) in [5.74, 6) is -0.660. The smallest absolute Gasteiger partial charge is 0.296 e. The predicted octanol–water partition coefficient (Wildman–Crippen LogP) is 1.07. The SMILES string of the molecule is COCC(=O)NN=C(C)CC(=O)Nc1ccc(OC)cc1[N+](=O)[O-]. The van der Waals surface area contributed by atoms with Crippen LogP contribution in [0.15, 0.2) is 23.3 Å². The van der Waals surface area contributed by atoms with Crippen molar-refractivity contribution in [1.82, 2.24) is 5.43 Å². The largest absolute Gasteiger partial charge is 0.496 e. The lowest BCUT2D eigenvalue weighted by Crippen LogP contribution is -2.24. The van der Waals surface area contributed by atoms with E-state index in [1.165, 1.54) is 39.3 Å². The van der Waals surface area contributed by atoms with Crippen LogP contribution in [0.2, 0.25) is 0 Å². The minimum absolute atomic E-state index is 0.0435. The summed E-state index contributed by atoms with van der Waals surface area (Å²) in [4.78, 5) is 33.5. The van der Waals surface area contributed by atoms with Gasteiger partial charge in [0.1, 0.15) is 18.0 Å². The minimum atomic E-state index is -0.621. The van der Waals surface area contributed by atoms with Crippen LogP contribution in [0.4, 0.5) is 11.4 Å². The number of carbonyl (C=O) groups is 2. The van der Waals surface area contributed by atoms with Crippen molar-refractivity contribution >= 4 is 28.9 Å². The molecule has 24 heavy (non-hydrogen) atoms.